The average molecular weight is 507 g/mol. The molecule has 0 atom stereocenters. The minimum Gasteiger partial charge on any atom is -0.381 e. The summed E-state index contributed by atoms with van der Waals surface area (Å²) in [6.07, 6.45) is 3.90. The van der Waals surface area contributed by atoms with Crippen LogP contribution < -0.4 is 15.5 Å². The van der Waals surface area contributed by atoms with Gasteiger partial charge in [-0.3, -0.25) is 24.7 Å². The van der Waals surface area contributed by atoms with Gasteiger partial charge in [-0.25, -0.2) is 14.8 Å². The summed E-state index contributed by atoms with van der Waals surface area (Å²) < 4.78 is 5.30. The molecular weight excluding hydrogens is 476 g/mol. The van der Waals surface area contributed by atoms with Crippen molar-refractivity contribution in [2.24, 2.45) is 0 Å². The monoisotopic (exact) mass is 506 g/mol. The molecular formula is C25H30N8O4. The Balaban J connectivity index is 1.43. The molecule has 0 spiro atoms. The number of amides is 3. The molecule has 3 heterocycles. The number of nitrogens with zero attached hydrogens (tertiary/aromatic N) is 6. The van der Waals surface area contributed by atoms with E-state index in [-0.39, 0.29) is 41.9 Å². The van der Waals surface area contributed by atoms with Crippen LogP contribution in [0.25, 0.3) is 0 Å². The Bertz CT molecular complexity index is 1220. The van der Waals surface area contributed by atoms with E-state index in [0.29, 0.717) is 36.2 Å². The van der Waals surface area contributed by atoms with Crippen molar-refractivity contribution in [1.29, 1.82) is 5.26 Å². The highest BCUT2D eigenvalue weighted by Gasteiger charge is 2.29. The lowest BCUT2D eigenvalue weighted by Gasteiger charge is -2.35. The van der Waals surface area contributed by atoms with E-state index in [4.69, 9.17) is 4.74 Å². The SMILES string of the molecule is COC1CC(Nc2cc(NC(=O)N(C)c3ccc(CN4CCN(C)CC4=O)c(C=O)n3)ncc2C#N)C1. The molecule has 0 unspecified atom stereocenters. The molecule has 1 saturated carbocycles. The quantitative estimate of drug-likeness (QED) is 0.511. The van der Waals surface area contributed by atoms with Crippen LogP contribution in [-0.2, 0) is 16.1 Å². The van der Waals surface area contributed by atoms with Crippen LogP contribution in [-0.4, -0.2) is 91.0 Å². The first kappa shape index (κ1) is 26.0. The van der Waals surface area contributed by atoms with E-state index in [1.807, 2.05) is 11.9 Å². The predicted octanol–water partition coefficient (Wildman–Crippen LogP) is 1.69. The van der Waals surface area contributed by atoms with Crippen LogP contribution in [0.15, 0.2) is 24.4 Å². The summed E-state index contributed by atoms with van der Waals surface area (Å²) in [6.45, 7) is 1.94. The number of likely N-dealkylation sites (N-methyl/N-ethyl adjacent to an activating group) is 1. The van der Waals surface area contributed by atoms with Gasteiger partial charge in [-0.15, -0.1) is 0 Å². The van der Waals surface area contributed by atoms with Gasteiger partial charge in [-0.05, 0) is 26.0 Å². The highest BCUT2D eigenvalue weighted by molar-refractivity contribution is 6.00. The molecule has 2 aromatic heterocycles. The Hall–Kier alpha value is -4.08. The molecule has 4 rings (SSSR count). The fourth-order valence-electron chi connectivity index (χ4n) is 4.24. The number of methoxy groups -OCH3 is 1. The highest BCUT2D eigenvalue weighted by atomic mass is 16.5. The number of hydrogen-bond acceptors (Lipinski definition) is 9. The summed E-state index contributed by atoms with van der Waals surface area (Å²) in [5.74, 6) is 0.521. The van der Waals surface area contributed by atoms with Gasteiger partial charge < -0.3 is 15.0 Å². The number of nitrogens with one attached hydrogen (secondary N) is 2. The second-order valence-corrected chi connectivity index (χ2v) is 9.27. The normalized spacial score (nSPS) is 19.5. The summed E-state index contributed by atoms with van der Waals surface area (Å²) in [5, 5.41) is 15.4. The topological polar surface area (TPSA) is 144 Å². The van der Waals surface area contributed by atoms with Gasteiger partial charge in [0.15, 0.2) is 6.29 Å². The highest BCUT2D eigenvalue weighted by Crippen LogP contribution is 2.28. The van der Waals surface area contributed by atoms with Gasteiger partial charge >= 0.3 is 6.03 Å². The van der Waals surface area contributed by atoms with Crippen molar-refractivity contribution in [3.63, 3.8) is 0 Å². The van der Waals surface area contributed by atoms with E-state index in [1.54, 1.807) is 30.2 Å². The molecule has 0 aromatic carbocycles. The van der Waals surface area contributed by atoms with Crippen LogP contribution in [0.2, 0.25) is 0 Å². The van der Waals surface area contributed by atoms with Crippen molar-refractivity contribution in [2.45, 2.75) is 31.5 Å². The second kappa shape index (κ2) is 11.3. The molecule has 12 nitrogen and oxygen atoms in total. The molecule has 37 heavy (non-hydrogen) atoms. The molecule has 1 aliphatic heterocycles. The number of aromatic nitrogens is 2. The molecule has 2 fully saturated rings. The Kier molecular flexibility index (Phi) is 7.95. The maximum Gasteiger partial charge on any atom is 0.328 e. The van der Waals surface area contributed by atoms with Gasteiger partial charge in [0.2, 0.25) is 5.91 Å². The molecule has 0 radical (unpaired) electrons. The van der Waals surface area contributed by atoms with Crippen LogP contribution in [0.4, 0.5) is 22.1 Å². The van der Waals surface area contributed by atoms with Crippen molar-refractivity contribution >= 4 is 35.5 Å². The molecule has 1 saturated heterocycles. The maximum atomic E-state index is 12.9. The van der Waals surface area contributed by atoms with Gasteiger partial charge in [0.05, 0.1) is 23.9 Å². The second-order valence-electron chi connectivity index (χ2n) is 9.27. The van der Waals surface area contributed by atoms with Gasteiger partial charge in [-0.2, -0.15) is 5.26 Å². The van der Waals surface area contributed by atoms with Crippen LogP contribution >= 0.6 is 0 Å². The number of piperazine rings is 1. The number of hydrogen-bond donors (Lipinski definition) is 2. The van der Waals surface area contributed by atoms with Crippen molar-refractivity contribution in [2.75, 3.05) is 56.4 Å². The zero-order valence-electron chi connectivity index (χ0n) is 21.1. The number of carbonyl (C=O) groups excluding carboxylic acids is 3. The van der Waals surface area contributed by atoms with Gasteiger partial charge in [0.25, 0.3) is 0 Å². The fourth-order valence-corrected chi connectivity index (χ4v) is 4.24. The Labute approximate surface area is 215 Å². The summed E-state index contributed by atoms with van der Waals surface area (Å²) in [4.78, 5) is 50.4. The zero-order chi connectivity index (χ0) is 26.5. The molecule has 1 aliphatic carbocycles. The minimum absolute atomic E-state index is 0.00855. The zero-order valence-corrected chi connectivity index (χ0v) is 21.1. The molecule has 2 N–H and O–H groups in total. The van der Waals surface area contributed by atoms with E-state index < -0.39 is 6.03 Å². The van der Waals surface area contributed by atoms with Crippen molar-refractivity contribution in [1.82, 2.24) is 19.8 Å². The first-order chi connectivity index (χ1) is 17.8. The molecule has 3 amide bonds. The third kappa shape index (κ3) is 6.02. The van der Waals surface area contributed by atoms with Gasteiger partial charge in [-0.1, -0.05) is 6.07 Å². The summed E-state index contributed by atoms with van der Waals surface area (Å²) in [5.41, 5.74) is 1.74. The molecule has 12 heteroatoms. The lowest BCUT2D eigenvalue weighted by atomic mass is 9.89. The van der Waals surface area contributed by atoms with E-state index in [1.165, 1.54) is 18.1 Å². The Morgan fingerprint density at radius 2 is 2.14 bits per heavy atom. The number of pyridine rings is 2. The fraction of sp³-hybridized carbons (Fsp3) is 0.440. The van der Waals surface area contributed by atoms with E-state index in [9.17, 15) is 19.6 Å². The van der Waals surface area contributed by atoms with Crippen molar-refractivity contribution < 1.29 is 19.1 Å². The van der Waals surface area contributed by atoms with Crippen LogP contribution in [0, 0.1) is 11.3 Å². The number of urea groups is 1. The van der Waals surface area contributed by atoms with Crippen molar-refractivity contribution in [3.8, 4) is 6.07 Å². The lowest BCUT2D eigenvalue weighted by molar-refractivity contribution is -0.136. The first-order valence-corrected chi connectivity index (χ1v) is 12.0. The largest absolute Gasteiger partial charge is 0.381 e. The maximum absolute atomic E-state index is 12.9. The first-order valence-electron chi connectivity index (χ1n) is 12.0. The number of nitriles is 1. The molecule has 2 aromatic rings. The average Bonchev–Trinajstić information content (AvgIpc) is 2.87. The molecule has 2 aliphatic rings. The summed E-state index contributed by atoms with van der Waals surface area (Å²) >= 11 is 0. The number of rotatable bonds is 8. The van der Waals surface area contributed by atoms with E-state index >= 15 is 0 Å². The molecule has 0 bridgehead atoms. The van der Waals surface area contributed by atoms with Crippen LogP contribution in [0.3, 0.4) is 0 Å². The Morgan fingerprint density at radius 3 is 2.81 bits per heavy atom. The third-order valence-corrected chi connectivity index (χ3v) is 6.68. The molecule has 194 valence electrons. The lowest BCUT2D eigenvalue weighted by Crippen LogP contribution is -2.48. The van der Waals surface area contributed by atoms with Crippen molar-refractivity contribution in [3.05, 3.63) is 41.2 Å². The Morgan fingerprint density at radius 1 is 1.35 bits per heavy atom. The van der Waals surface area contributed by atoms with E-state index in [0.717, 1.165) is 19.4 Å². The van der Waals surface area contributed by atoms with Crippen LogP contribution in [0.5, 0.6) is 0 Å². The number of carbonyl (C=O) groups is 3. The minimum atomic E-state index is -0.516. The predicted molar refractivity (Wildman–Crippen MR) is 136 cm³/mol. The van der Waals surface area contributed by atoms with Crippen LogP contribution in [0.1, 0.15) is 34.5 Å². The van der Waals surface area contributed by atoms with Gasteiger partial charge in [0, 0.05) is 57.7 Å². The number of aldehydes is 1. The number of anilines is 3. The van der Waals surface area contributed by atoms with E-state index in [2.05, 4.69) is 26.7 Å². The summed E-state index contributed by atoms with van der Waals surface area (Å²) in [7, 11) is 5.09. The van der Waals surface area contributed by atoms with Gasteiger partial charge in [0.1, 0.15) is 23.4 Å². The smallest absolute Gasteiger partial charge is 0.328 e. The third-order valence-electron chi connectivity index (χ3n) is 6.68. The number of ether oxygens (including phenoxy) is 1. The summed E-state index contributed by atoms with van der Waals surface area (Å²) in [6, 6.07) is 6.72. The standard InChI is InChI=1S/C25H30N8O4/c1-31-6-7-33(24(35)14-31)13-16-4-5-23(29-21(16)15-34)32(2)25(36)30-22-10-20(17(11-26)12-27-22)28-18-8-19(9-18)37-3/h4-5,10,12,15,18-19H,6-9,13-14H2,1-3H3,(H2,27,28,30,36).